The number of nitrogens with zero attached hydrogens (tertiary/aromatic N) is 2. The zero-order chi connectivity index (χ0) is 24.9. The molecule has 0 N–H and O–H groups in total. The molecule has 3 aromatic rings. The predicted molar refractivity (Wildman–Crippen MR) is 107 cm³/mol. The number of pyridine rings is 1. The quantitative estimate of drug-likeness (QED) is 0.258. The molecule has 2 aromatic carbocycles. The topological polar surface area (TPSA) is 59.5 Å². The Morgan fingerprint density at radius 1 is 0.853 bits per heavy atom. The van der Waals surface area contributed by atoms with Gasteiger partial charge in [0.15, 0.2) is 0 Å². The molecule has 11 heteroatoms. The van der Waals surface area contributed by atoms with E-state index < -0.39 is 36.0 Å². The number of hydrogen-bond donors (Lipinski definition) is 0. The fourth-order valence-electron chi connectivity index (χ4n) is 3.14. The van der Waals surface area contributed by atoms with Crippen molar-refractivity contribution in [3.05, 3.63) is 101 Å². The lowest BCUT2D eigenvalue weighted by Crippen LogP contribution is -2.39. The van der Waals surface area contributed by atoms with Crippen LogP contribution in [0.25, 0.3) is 0 Å². The number of ether oxygens (including phenoxy) is 1. The van der Waals surface area contributed by atoms with Crippen LogP contribution in [0.5, 0.6) is 0 Å². The highest BCUT2D eigenvalue weighted by Crippen LogP contribution is 2.34. The van der Waals surface area contributed by atoms with Crippen molar-refractivity contribution in [3.8, 4) is 0 Å². The van der Waals surface area contributed by atoms with Crippen LogP contribution in [0.1, 0.15) is 28.4 Å². The first kappa shape index (κ1) is 24.7. The predicted octanol–water partition coefficient (Wildman–Crippen LogP) is 5.92. The number of hydrogen-bond acceptors (Lipinski definition) is 4. The monoisotopic (exact) mass is 482 g/mol. The fraction of sp³-hybridized carbons (Fsp3) is 0.174. The Labute approximate surface area is 189 Å². The zero-order valence-corrected chi connectivity index (χ0v) is 17.2. The molecule has 0 aliphatic rings. The smallest absolute Gasteiger partial charge is 0.369 e. The number of benzene rings is 2. The van der Waals surface area contributed by atoms with Gasteiger partial charge in [0.25, 0.3) is 0 Å². The highest BCUT2D eigenvalue weighted by molar-refractivity contribution is 5.88. The summed E-state index contributed by atoms with van der Waals surface area (Å²) in [7, 11) is 0. The lowest BCUT2D eigenvalue weighted by atomic mass is 9.99. The molecule has 0 aliphatic carbocycles. The van der Waals surface area contributed by atoms with Gasteiger partial charge >= 0.3 is 24.4 Å². The average molecular weight is 482 g/mol. The first-order valence-electron chi connectivity index (χ1n) is 9.68. The third-order valence-electron chi connectivity index (χ3n) is 4.68. The maximum atomic E-state index is 13.0. The van der Waals surface area contributed by atoms with Crippen LogP contribution in [0.3, 0.4) is 0 Å². The summed E-state index contributed by atoms with van der Waals surface area (Å²) in [4.78, 5) is 29.1. The van der Waals surface area contributed by atoms with Crippen molar-refractivity contribution in [2.75, 3.05) is 0 Å². The first-order valence-corrected chi connectivity index (χ1v) is 9.68. The second kappa shape index (κ2) is 9.94. The van der Waals surface area contributed by atoms with Gasteiger partial charge in [-0.15, -0.1) is 0 Å². The first-order chi connectivity index (χ1) is 16.0. The van der Waals surface area contributed by atoms with E-state index in [0.29, 0.717) is 5.56 Å². The van der Waals surface area contributed by atoms with Gasteiger partial charge < -0.3 is 4.74 Å². The Kier molecular flexibility index (Phi) is 7.23. The van der Waals surface area contributed by atoms with E-state index in [1.807, 2.05) is 0 Å². The van der Waals surface area contributed by atoms with E-state index in [0.717, 1.165) is 29.2 Å². The maximum Gasteiger partial charge on any atom is 0.491 e. The minimum absolute atomic E-state index is 0.110. The van der Waals surface area contributed by atoms with Gasteiger partial charge in [0.2, 0.25) is 0 Å². The summed E-state index contributed by atoms with van der Waals surface area (Å²) >= 11 is 0. The third kappa shape index (κ3) is 6.12. The molecule has 0 bridgehead atoms. The van der Waals surface area contributed by atoms with Crippen molar-refractivity contribution in [3.63, 3.8) is 0 Å². The normalized spacial score (nSPS) is 12.6. The van der Waals surface area contributed by atoms with E-state index in [9.17, 15) is 35.9 Å². The van der Waals surface area contributed by atoms with Gasteiger partial charge in [0.1, 0.15) is 6.04 Å². The molecule has 1 amide bonds. The van der Waals surface area contributed by atoms with E-state index in [4.69, 9.17) is 0 Å². The molecule has 5 nitrogen and oxygen atoms in total. The van der Waals surface area contributed by atoms with E-state index in [1.54, 1.807) is 36.4 Å². The fourth-order valence-corrected chi connectivity index (χ4v) is 3.14. The van der Waals surface area contributed by atoms with Gasteiger partial charge in [-0.25, -0.2) is 9.59 Å². The van der Waals surface area contributed by atoms with Gasteiger partial charge in [-0.1, -0.05) is 48.5 Å². The standard InChI is InChI=1S/C23H16F6N2O3/c24-22(25,26)17-11-9-16(10-12-17)19(18-8-4-5-13-30-18)31(14-15-6-2-1-3-7-15)21(33)34-20(32)23(27,28)29/h1-13,19H,14H2. The summed E-state index contributed by atoms with van der Waals surface area (Å²) in [5.41, 5.74) is -0.249. The van der Waals surface area contributed by atoms with E-state index in [-0.39, 0.29) is 17.8 Å². The van der Waals surface area contributed by atoms with Crippen LogP contribution >= 0.6 is 0 Å². The van der Waals surface area contributed by atoms with Crippen molar-refractivity contribution in [2.45, 2.75) is 24.9 Å². The Morgan fingerprint density at radius 2 is 1.47 bits per heavy atom. The molecule has 0 saturated carbocycles. The summed E-state index contributed by atoms with van der Waals surface area (Å²) < 4.78 is 81.4. The molecule has 0 aliphatic heterocycles. The maximum absolute atomic E-state index is 13.0. The number of carbonyl (C=O) groups is 2. The molecule has 1 atom stereocenters. The molecule has 0 fully saturated rings. The average Bonchev–Trinajstić information content (AvgIpc) is 2.79. The summed E-state index contributed by atoms with van der Waals surface area (Å²) in [6.07, 6.45) is -10.3. The van der Waals surface area contributed by atoms with Gasteiger partial charge in [-0.2, -0.15) is 26.3 Å². The van der Waals surface area contributed by atoms with Crippen LogP contribution in [-0.2, 0) is 22.3 Å². The summed E-state index contributed by atoms with van der Waals surface area (Å²) in [5.74, 6) is -2.72. The molecular weight excluding hydrogens is 466 g/mol. The van der Waals surface area contributed by atoms with Crippen LogP contribution < -0.4 is 0 Å². The number of alkyl halides is 6. The zero-order valence-electron chi connectivity index (χ0n) is 17.2. The third-order valence-corrected chi connectivity index (χ3v) is 4.68. The molecule has 1 aromatic heterocycles. The molecule has 0 saturated heterocycles. The number of halogens is 6. The highest BCUT2D eigenvalue weighted by Gasteiger charge is 2.44. The SMILES string of the molecule is O=C(OC(=O)C(F)(F)F)N(Cc1ccccc1)C(c1ccc(C(F)(F)F)cc1)c1ccccn1. The van der Waals surface area contributed by atoms with Crippen molar-refractivity contribution in [1.29, 1.82) is 0 Å². The molecule has 0 radical (unpaired) electrons. The second-order valence-corrected chi connectivity index (χ2v) is 7.04. The number of amides is 1. The van der Waals surface area contributed by atoms with Crippen LogP contribution in [0.15, 0.2) is 79.0 Å². The van der Waals surface area contributed by atoms with Gasteiger partial charge in [-0.05, 0) is 35.4 Å². The molecule has 3 rings (SSSR count). The van der Waals surface area contributed by atoms with Crippen LogP contribution in [0.4, 0.5) is 31.1 Å². The molecule has 1 heterocycles. The largest absolute Gasteiger partial charge is 0.491 e. The van der Waals surface area contributed by atoms with E-state index >= 15 is 0 Å². The number of rotatable bonds is 5. The molecule has 34 heavy (non-hydrogen) atoms. The lowest BCUT2D eigenvalue weighted by Gasteiger charge is -2.31. The number of esters is 1. The van der Waals surface area contributed by atoms with Crippen molar-refractivity contribution in [1.82, 2.24) is 9.88 Å². The Balaban J connectivity index is 2.09. The summed E-state index contributed by atoms with van der Waals surface area (Å²) in [5, 5.41) is 0. The summed E-state index contributed by atoms with van der Waals surface area (Å²) in [6, 6.07) is 15.0. The van der Waals surface area contributed by atoms with Crippen LogP contribution in [0.2, 0.25) is 0 Å². The van der Waals surface area contributed by atoms with E-state index in [1.165, 1.54) is 18.3 Å². The Morgan fingerprint density at radius 3 is 2.00 bits per heavy atom. The van der Waals surface area contributed by atoms with Crippen molar-refractivity contribution in [2.24, 2.45) is 0 Å². The summed E-state index contributed by atoms with van der Waals surface area (Å²) in [6.45, 7) is -0.326. The number of aromatic nitrogens is 1. The minimum Gasteiger partial charge on any atom is -0.369 e. The van der Waals surface area contributed by atoms with Crippen molar-refractivity contribution >= 4 is 12.1 Å². The molecule has 0 spiro atoms. The lowest BCUT2D eigenvalue weighted by molar-refractivity contribution is -0.194. The van der Waals surface area contributed by atoms with Gasteiger partial charge in [0, 0.05) is 6.20 Å². The van der Waals surface area contributed by atoms with Gasteiger partial charge in [0.05, 0.1) is 17.8 Å². The van der Waals surface area contributed by atoms with Crippen LogP contribution in [-0.4, -0.2) is 28.1 Å². The Bertz CT molecular complexity index is 1120. The van der Waals surface area contributed by atoms with Crippen LogP contribution in [0, 0.1) is 0 Å². The molecular formula is C23H16F6N2O3. The highest BCUT2D eigenvalue weighted by atomic mass is 19.4. The van der Waals surface area contributed by atoms with Gasteiger partial charge in [-0.3, -0.25) is 9.88 Å². The second-order valence-electron chi connectivity index (χ2n) is 7.04. The number of carbonyl (C=O) groups excluding carboxylic acids is 2. The minimum atomic E-state index is -5.43. The Hall–Kier alpha value is -3.89. The molecule has 1 unspecified atom stereocenters. The van der Waals surface area contributed by atoms with Crippen molar-refractivity contribution < 1.29 is 40.7 Å². The molecule has 178 valence electrons. The van der Waals surface area contributed by atoms with E-state index in [2.05, 4.69) is 9.72 Å².